The summed E-state index contributed by atoms with van der Waals surface area (Å²) in [7, 11) is 0. The number of aliphatic carboxylic acids is 2. The Bertz CT molecular complexity index is 438. The zero-order chi connectivity index (χ0) is 15.2. The minimum Gasteiger partial charge on any atom is -0.481 e. The second kappa shape index (κ2) is 7.05. The normalized spacial score (nSPS) is 11.6. The van der Waals surface area contributed by atoms with E-state index >= 15 is 0 Å². The van der Waals surface area contributed by atoms with Gasteiger partial charge >= 0.3 is 11.9 Å². The molecule has 2 N–H and O–H groups in total. The Hall–Kier alpha value is -1.88. The van der Waals surface area contributed by atoms with Crippen LogP contribution in [-0.4, -0.2) is 40.1 Å². The molecular formula is C15H21NO4. The third-order valence-electron chi connectivity index (χ3n) is 3.46. The second-order valence-electron chi connectivity index (χ2n) is 5.20. The standard InChI is InChI=1S/C15H21NO4/c1-15(2,12-6-4-3-5-7-12)16(10-8-13(17)18)11-9-14(19)20/h3-7H,8-11H2,1-2H3,(H,17,18)(H,19,20). The highest BCUT2D eigenvalue weighted by atomic mass is 16.4. The van der Waals surface area contributed by atoms with Crippen molar-refractivity contribution in [3.63, 3.8) is 0 Å². The predicted octanol–water partition coefficient (Wildman–Crippen LogP) is 2.17. The van der Waals surface area contributed by atoms with Crippen molar-refractivity contribution < 1.29 is 19.8 Å². The van der Waals surface area contributed by atoms with E-state index in [2.05, 4.69) is 0 Å². The maximum atomic E-state index is 10.8. The van der Waals surface area contributed by atoms with Gasteiger partial charge in [-0.05, 0) is 19.4 Å². The van der Waals surface area contributed by atoms with Crippen molar-refractivity contribution in [3.8, 4) is 0 Å². The molecule has 1 rings (SSSR count). The first-order chi connectivity index (χ1) is 9.34. The minimum atomic E-state index is -0.880. The molecule has 0 aromatic heterocycles. The SMILES string of the molecule is CC(C)(c1ccccc1)N(CCC(=O)O)CCC(=O)O. The van der Waals surface area contributed by atoms with Gasteiger partial charge in [0.05, 0.1) is 12.8 Å². The minimum absolute atomic E-state index is 0.00408. The van der Waals surface area contributed by atoms with Crippen molar-refractivity contribution in [1.29, 1.82) is 0 Å². The van der Waals surface area contributed by atoms with Crippen LogP contribution in [0.4, 0.5) is 0 Å². The summed E-state index contributed by atoms with van der Waals surface area (Å²) >= 11 is 0. The first-order valence-electron chi connectivity index (χ1n) is 6.58. The number of carbonyl (C=O) groups is 2. The molecule has 5 nitrogen and oxygen atoms in total. The Morgan fingerprint density at radius 2 is 1.45 bits per heavy atom. The van der Waals surface area contributed by atoms with Crippen molar-refractivity contribution >= 4 is 11.9 Å². The van der Waals surface area contributed by atoms with Crippen molar-refractivity contribution in [2.75, 3.05) is 13.1 Å². The lowest BCUT2D eigenvalue weighted by Gasteiger charge is -2.38. The molecule has 0 unspecified atom stereocenters. The van der Waals surface area contributed by atoms with Crippen molar-refractivity contribution in [1.82, 2.24) is 4.90 Å². The maximum absolute atomic E-state index is 10.8. The summed E-state index contributed by atoms with van der Waals surface area (Å²) in [5.41, 5.74) is 0.627. The van der Waals surface area contributed by atoms with E-state index in [1.807, 2.05) is 49.1 Å². The fourth-order valence-corrected chi connectivity index (χ4v) is 2.16. The summed E-state index contributed by atoms with van der Waals surface area (Å²) in [5, 5.41) is 17.7. The van der Waals surface area contributed by atoms with E-state index in [9.17, 15) is 9.59 Å². The third-order valence-corrected chi connectivity index (χ3v) is 3.46. The fraction of sp³-hybridized carbons (Fsp3) is 0.467. The number of hydrogen-bond acceptors (Lipinski definition) is 3. The fourth-order valence-electron chi connectivity index (χ4n) is 2.16. The van der Waals surface area contributed by atoms with E-state index in [-0.39, 0.29) is 12.8 Å². The van der Waals surface area contributed by atoms with Crippen LogP contribution in [0.2, 0.25) is 0 Å². The van der Waals surface area contributed by atoms with E-state index in [1.165, 1.54) is 0 Å². The lowest BCUT2D eigenvalue weighted by atomic mass is 9.91. The van der Waals surface area contributed by atoms with Gasteiger partial charge in [0.1, 0.15) is 0 Å². The molecule has 0 aliphatic rings. The Balaban J connectivity index is 2.88. The molecule has 0 bridgehead atoms. The van der Waals surface area contributed by atoms with Crippen LogP contribution in [0.15, 0.2) is 30.3 Å². The molecule has 0 spiro atoms. The van der Waals surface area contributed by atoms with Crippen molar-refractivity contribution in [2.45, 2.75) is 32.2 Å². The molecule has 5 heteroatoms. The third kappa shape index (κ3) is 4.66. The van der Waals surface area contributed by atoms with Crippen LogP contribution in [0.25, 0.3) is 0 Å². The van der Waals surface area contributed by atoms with Crippen LogP contribution in [0.3, 0.4) is 0 Å². The zero-order valence-electron chi connectivity index (χ0n) is 11.9. The highest BCUT2D eigenvalue weighted by molar-refractivity contribution is 5.67. The Morgan fingerprint density at radius 3 is 1.85 bits per heavy atom. The summed E-state index contributed by atoms with van der Waals surface area (Å²) in [6, 6.07) is 9.69. The van der Waals surface area contributed by atoms with E-state index in [4.69, 9.17) is 10.2 Å². The van der Waals surface area contributed by atoms with Crippen LogP contribution in [0, 0.1) is 0 Å². The molecule has 20 heavy (non-hydrogen) atoms. The Morgan fingerprint density at radius 1 is 1.00 bits per heavy atom. The van der Waals surface area contributed by atoms with Gasteiger partial charge in [0, 0.05) is 18.6 Å². The highest BCUT2D eigenvalue weighted by Crippen LogP contribution is 2.27. The van der Waals surface area contributed by atoms with E-state index < -0.39 is 17.5 Å². The van der Waals surface area contributed by atoms with E-state index in [0.717, 1.165) is 5.56 Å². The van der Waals surface area contributed by atoms with Gasteiger partial charge in [-0.15, -0.1) is 0 Å². The van der Waals surface area contributed by atoms with Gasteiger partial charge in [-0.2, -0.15) is 0 Å². The zero-order valence-corrected chi connectivity index (χ0v) is 11.9. The lowest BCUT2D eigenvalue weighted by molar-refractivity contribution is -0.138. The molecule has 0 aliphatic heterocycles. The average Bonchev–Trinajstić information content (AvgIpc) is 2.38. The van der Waals surface area contributed by atoms with Gasteiger partial charge in [-0.25, -0.2) is 0 Å². The molecule has 1 aromatic carbocycles. The number of carboxylic acid groups (broad SMARTS) is 2. The molecule has 0 atom stereocenters. The largest absolute Gasteiger partial charge is 0.481 e. The van der Waals surface area contributed by atoms with Crippen molar-refractivity contribution in [2.24, 2.45) is 0 Å². The molecule has 0 saturated heterocycles. The molecule has 1 aromatic rings. The Kier molecular flexibility index (Phi) is 5.70. The summed E-state index contributed by atoms with van der Waals surface area (Å²) in [4.78, 5) is 23.4. The van der Waals surface area contributed by atoms with Crippen LogP contribution < -0.4 is 0 Å². The molecule has 0 heterocycles. The topological polar surface area (TPSA) is 77.8 Å². The van der Waals surface area contributed by atoms with E-state index in [1.54, 1.807) is 0 Å². The first-order valence-corrected chi connectivity index (χ1v) is 6.58. The quantitative estimate of drug-likeness (QED) is 0.762. The van der Waals surface area contributed by atoms with Crippen molar-refractivity contribution in [3.05, 3.63) is 35.9 Å². The molecule has 110 valence electrons. The molecule has 0 radical (unpaired) electrons. The highest BCUT2D eigenvalue weighted by Gasteiger charge is 2.29. The van der Waals surface area contributed by atoms with Gasteiger partial charge in [-0.1, -0.05) is 30.3 Å². The van der Waals surface area contributed by atoms with E-state index in [0.29, 0.717) is 13.1 Å². The van der Waals surface area contributed by atoms with Crippen LogP contribution in [0.5, 0.6) is 0 Å². The number of nitrogens with zero attached hydrogens (tertiary/aromatic N) is 1. The average molecular weight is 279 g/mol. The van der Waals surface area contributed by atoms with Gasteiger partial charge in [0.25, 0.3) is 0 Å². The number of carboxylic acids is 2. The van der Waals surface area contributed by atoms with Gasteiger partial charge in [0.15, 0.2) is 0 Å². The second-order valence-corrected chi connectivity index (χ2v) is 5.20. The first kappa shape index (κ1) is 16.2. The van der Waals surface area contributed by atoms with Crippen LogP contribution >= 0.6 is 0 Å². The van der Waals surface area contributed by atoms with Gasteiger partial charge in [0.2, 0.25) is 0 Å². The summed E-state index contributed by atoms with van der Waals surface area (Å²) in [5.74, 6) is -1.76. The summed E-state index contributed by atoms with van der Waals surface area (Å²) in [6.07, 6.45) is -0.00817. The number of rotatable bonds is 8. The smallest absolute Gasteiger partial charge is 0.304 e. The molecule has 0 fully saturated rings. The Labute approximate surface area is 118 Å². The number of hydrogen-bond donors (Lipinski definition) is 2. The predicted molar refractivity (Wildman–Crippen MR) is 75.5 cm³/mol. The number of benzene rings is 1. The van der Waals surface area contributed by atoms with Gasteiger partial charge in [-0.3, -0.25) is 14.5 Å². The maximum Gasteiger partial charge on any atom is 0.304 e. The molecular weight excluding hydrogens is 258 g/mol. The van der Waals surface area contributed by atoms with Crippen LogP contribution in [-0.2, 0) is 15.1 Å². The molecule has 0 aliphatic carbocycles. The summed E-state index contributed by atoms with van der Waals surface area (Å²) < 4.78 is 0. The molecule has 0 saturated carbocycles. The monoisotopic (exact) mass is 279 g/mol. The molecule has 0 amide bonds. The van der Waals surface area contributed by atoms with Crippen LogP contribution in [0.1, 0.15) is 32.3 Å². The van der Waals surface area contributed by atoms with Gasteiger partial charge < -0.3 is 10.2 Å². The summed E-state index contributed by atoms with van der Waals surface area (Å²) in [6.45, 7) is 4.60. The lowest BCUT2D eigenvalue weighted by Crippen LogP contribution is -2.43.